The standard InChI is InChI=1S/C9H11N3O2/c1-6-3-4-7(13-6)9-11-8(5-10-2)12-14-9/h3-4,10H,5H2,1-2H3. The second-order valence-corrected chi connectivity index (χ2v) is 2.96. The van der Waals surface area contributed by atoms with Crippen molar-refractivity contribution >= 4 is 0 Å². The van der Waals surface area contributed by atoms with Gasteiger partial charge in [-0.15, -0.1) is 0 Å². The summed E-state index contributed by atoms with van der Waals surface area (Å²) in [5, 5.41) is 6.72. The smallest absolute Gasteiger partial charge is 0.293 e. The van der Waals surface area contributed by atoms with Gasteiger partial charge in [-0.05, 0) is 26.1 Å². The summed E-state index contributed by atoms with van der Waals surface area (Å²) in [5.41, 5.74) is 0. The van der Waals surface area contributed by atoms with Crippen LogP contribution in [-0.2, 0) is 6.54 Å². The van der Waals surface area contributed by atoms with Gasteiger partial charge in [0.05, 0.1) is 6.54 Å². The molecule has 74 valence electrons. The minimum Gasteiger partial charge on any atom is -0.456 e. The summed E-state index contributed by atoms with van der Waals surface area (Å²) >= 11 is 0. The Morgan fingerprint density at radius 1 is 1.43 bits per heavy atom. The Labute approximate surface area is 81.1 Å². The summed E-state index contributed by atoms with van der Waals surface area (Å²) in [5.74, 6) is 2.48. The van der Waals surface area contributed by atoms with E-state index >= 15 is 0 Å². The van der Waals surface area contributed by atoms with Crippen LogP contribution in [0.3, 0.4) is 0 Å². The Bertz CT molecular complexity index is 419. The average molecular weight is 193 g/mol. The number of hydrogen-bond acceptors (Lipinski definition) is 5. The molecule has 2 aromatic rings. The van der Waals surface area contributed by atoms with Crippen molar-refractivity contribution in [2.24, 2.45) is 0 Å². The number of furan rings is 1. The highest BCUT2D eigenvalue weighted by Gasteiger charge is 2.10. The summed E-state index contributed by atoms with van der Waals surface area (Å²) in [7, 11) is 1.83. The molecule has 14 heavy (non-hydrogen) atoms. The number of nitrogens with one attached hydrogen (secondary N) is 1. The fourth-order valence-corrected chi connectivity index (χ4v) is 1.13. The molecule has 5 nitrogen and oxygen atoms in total. The highest BCUT2D eigenvalue weighted by molar-refractivity contribution is 5.43. The van der Waals surface area contributed by atoms with Crippen LogP contribution >= 0.6 is 0 Å². The van der Waals surface area contributed by atoms with E-state index in [-0.39, 0.29) is 0 Å². The zero-order chi connectivity index (χ0) is 9.97. The van der Waals surface area contributed by atoms with E-state index < -0.39 is 0 Å². The normalized spacial score (nSPS) is 10.7. The van der Waals surface area contributed by atoms with E-state index in [0.29, 0.717) is 24.0 Å². The highest BCUT2D eigenvalue weighted by atomic mass is 16.5. The maximum absolute atomic E-state index is 5.34. The molecule has 0 unspecified atom stereocenters. The number of aromatic nitrogens is 2. The average Bonchev–Trinajstić information content (AvgIpc) is 2.74. The molecule has 0 saturated heterocycles. The lowest BCUT2D eigenvalue weighted by Crippen LogP contribution is -2.06. The molecule has 0 aliphatic carbocycles. The molecule has 0 spiro atoms. The largest absolute Gasteiger partial charge is 0.456 e. The van der Waals surface area contributed by atoms with Gasteiger partial charge in [0.15, 0.2) is 11.6 Å². The number of hydrogen-bond donors (Lipinski definition) is 1. The predicted molar refractivity (Wildman–Crippen MR) is 49.5 cm³/mol. The molecule has 2 aromatic heterocycles. The lowest BCUT2D eigenvalue weighted by Gasteiger charge is -1.87. The predicted octanol–water partition coefficient (Wildman–Crippen LogP) is 1.36. The third kappa shape index (κ3) is 1.67. The summed E-state index contributed by atoms with van der Waals surface area (Å²) in [6, 6.07) is 3.67. The van der Waals surface area contributed by atoms with Crippen molar-refractivity contribution in [2.45, 2.75) is 13.5 Å². The maximum atomic E-state index is 5.34. The van der Waals surface area contributed by atoms with Crippen LogP contribution in [0.4, 0.5) is 0 Å². The van der Waals surface area contributed by atoms with Crippen molar-refractivity contribution in [1.82, 2.24) is 15.5 Å². The molecule has 1 N–H and O–H groups in total. The first-order chi connectivity index (χ1) is 6.79. The third-order valence-electron chi connectivity index (χ3n) is 1.75. The van der Waals surface area contributed by atoms with E-state index in [9.17, 15) is 0 Å². The molecule has 0 amide bonds. The molecule has 2 heterocycles. The SMILES string of the molecule is CNCc1noc(-c2ccc(C)o2)n1. The number of rotatable bonds is 3. The van der Waals surface area contributed by atoms with Gasteiger partial charge in [-0.2, -0.15) is 4.98 Å². The Morgan fingerprint density at radius 2 is 2.29 bits per heavy atom. The van der Waals surface area contributed by atoms with Crippen LogP contribution in [0.25, 0.3) is 11.7 Å². The van der Waals surface area contributed by atoms with Crippen molar-refractivity contribution in [3.63, 3.8) is 0 Å². The van der Waals surface area contributed by atoms with Crippen molar-refractivity contribution in [1.29, 1.82) is 0 Å². The van der Waals surface area contributed by atoms with Gasteiger partial charge in [0.1, 0.15) is 5.76 Å². The van der Waals surface area contributed by atoms with Gasteiger partial charge in [-0.3, -0.25) is 0 Å². The molecule has 0 atom stereocenters. The van der Waals surface area contributed by atoms with Gasteiger partial charge in [0.2, 0.25) is 0 Å². The third-order valence-corrected chi connectivity index (χ3v) is 1.75. The monoisotopic (exact) mass is 193 g/mol. The molecule has 0 fully saturated rings. The zero-order valence-corrected chi connectivity index (χ0v) is 8.07. The number of nitrogens with zero attached hydrogens (tertiary/aromatic N) is 2. The summed E-state index contributed by atoms with van der Waals surface area (Å²) < 4.78 is 10.4. The van der Waals surface area contributed by atoms with Gasteiger partial charge in [-0.1, -0.05) is 5.16 Å². The topological polar surface area (TPSA) is 64.1 Å². The van der Waals surface area contributed by atoms with Crippen LogP contribution < -0.4 is 5.32 Å². The number of aryl methyl sites for hydroxylation is 1. The molecule has 0 saturated carbocycles. The van der Waals surface area contributed by atoms with Crippen molar-refractivity contribution in [3.8, 4) is 11.7 Å². The second-order valence-electron chi connectivity index (χ2n) is 2.96. The first kappa shape index (κ1) is 8.96. The van der Waals surface area contributed by atoms with E-state index in [1.807, 2.05) is 26.1 Å². The lowest BCUT2D eigenvalue weighted by atomic mass is 10.4. The van der Waals surface area contributed by atoms with Crippen molar-refractivity contribution < 1.29 is 8.94 Å². The molecule has 5 heteroatoms. The van der Waals surface area contributed by atoms with Crippen LogP contribution in [0.1, 0.15) is 11.6 Å². The maximum Gasteiger partial charge on any atom is 0.293 e. The highest BCUT2D eigenvalue weighted by Crippen LogP contribution is 2.19. The van der Waals surface area contributed by atoms with Crippen LogP contribution in [-0.4, -0.2) is 17.2 Å². The second kappa shape index (κ2) is 3.63. The molecule has 2 rings (SSSR count). The van der Waals surface area contributed by atoms with E-state index in [2.05, 4.69) is 15.5 Å². The first-order valence-electron chi connectivity index (χ1n) is 4.33. The Kier molecular flexibility index (Phi) is 2.32. The van der Waals surface area contributed by atoms with E-state index in [4.69, 9.17) is 8.94 Å². The minimum absolute atomic E-state index is 0.420. The minimum atomic E-state index is 0.420. The van der Waals surface area contributed by atoms with Crippen LogP contribution in [0.5, 0.6) is 0 Å². The Hall–Kier alpha value is -1.62. The first-order valence-corrected chi connectivity index (χ1v) is 4.33. The van der Waals surface area contributed by atoms with Gasteiger partial charge in [0.25, 0.3) is 5.89 Å². The quantitative estimate of drug-likeness (QED) is 0.797. The molecule has 0 radical (unpaired) electrons. The van der Waals surface area contributed by atoms with E-state index in [1.165, 1.54) is 0 Å². The molecule has 0 aliphatic rings. The summed E-state index contributed by atoms with van der Waals surface area (Å²) in [6.07, 6.45) is 0. The van der Waals surface area contributed by atoms with Gasteiger partial charge >= 0.3 is 0 Å². The van der Waals surface area contributed by atoms with Gasteiger partial charge < -0.3 is 14.3 Å². The summed E-state index contributed by atoms with van der Waals surface area (Å²) in [4.78, 5) is 4.15. The molecular weight excluding hydrogens is 182 g/mol. The lowest BCUT2D eigenvalue weighted by molar-refractivity contribution is 0.405. The van der Waals surface area contributed by atoms with Crippen LogP contribution in [0.2, 0.25) is 0 Å². The Morgan fingerprint density at radius 3 is 2.93 bits per heavy atom. The van der Waals surface area contributed by atoms with Crippen LogP contribution in [0, 0.1) is 6.92 Å². The molecular formula is C9H11N3O2. The van der Waals surface area contributed by atoms with Crippen molar-refractivity contribution in [2.75, 3.05) is 7.05 Å². The zero-order valence-electron chi connectivity index (χ0n) is 8.07. The van der Waals surface area contributed by atoms with Gasteiger partial charge in [0, 0.05) is 0 Å². The molecule has 0 bridgehead atoms. The van der Waals surface area contributed by atoms with E-state index in [1.54, 1.807) is 0 Å². The Balaban J connectivity index is 2.24. The van der Waals surface area contributed by atoms with E-state index in [0.717, 1.165) is 5.76 Å². The fourth-order valence-electron chi connectivity index (χ4n) is 1.13. The van der Waals surface area contributed by atoms with Crippen LogP contribution in [0.15, 0.2) is 21.1 Å². The fraction of sp³-hybridized carbons (Fsp3) is 0.333. The molecule has 0 aromatic carbocycles. The van der Waals surface area contributed by atoms with Gasteiger partial charge in [-0.25, -0.2) is 0 Å². The van der Waals surface area contributed by atoms with Crippen molar-refractivity contribution in [3.05, 3.63) is 23.7 Å². The summed E-state index contributed by atoms with van der Waals surface area (Å²) in [6.45, 7) is 2.46. The molecule has 0 aliphatic heterocycles.